The lowest BCUT2D eigenvalue weighted by Gasteiger charge is -2.10. The molecule has 4 nitrogen and oxygen atoms in total. The van der Waals surface area contributed by atoms with Crippen LogP contribution in [0.5, 0.6) is 11.5 Å². The molecule has 1 aromatic carbocycles. The number of hydrogen-bond acceptors (Lipinski definition) is 4. The van der Waals surface area contributed by atoms with Crippen LogP contribution in [0.15, 0.2) is 34.9 Å². The molecule has 0 fully saturated rings. The fraction of sp³-hybridized carbons (Fsp3) is 0.143. The molecule has 0 saturated heterocycles. The lowest BCUT2D eigenvalue weighted by molar-refractivity contribution is 0.411. The van der Waals surface area contributed by atoms with Gasteiger partial charge in [-0.15, -0.1) is 0 Å². The van der Waals surface area contributed by atoms with E-state index in [0.29, 0.717) is 22.8 Å². The highest BCUT2D eigenvalue weighted by Crippen LogP contribution is 2.33. The molecule has 2 aromatic rings. The second kappa shape index (κ2) is 5.72. The summed E-state index contributed by atoms with van der Waals surface area (Å²) >= 11 is 3.41. The second-order valence-corrected chi connectivity index (χ2v) is 4.64. The summed E-state index contributed by atoms with van der Waals surface area (Å²) in [6.45, 7) is 0. The van der Waals surface area contributed by atoms with Crippen LogP contribution < -0.4 is 9.47 Å². The van der Waals surface area contributed by atoms with Gasteiger partial charge >= 0.3 is 0 Å². The fourth-order valence-electron chi connectivity index (χ4n) is 1.72. The highest BCUT2D eigenvalue weighted by Gasteiger charge is 2.11. The molecular formula is C14H11BrN2O2. The maximum absolute atomic E-state index is 9.10. The van der Waals surface area contributed by atoms with Gasteiger partial charge in [0, 0.05) is 10.0 Å². The number of ether oxygens (including phenoxy) is 2. The van der Waals surface area contributed by atoms with E-state index < -0.39 is 0 Å². The second-order valence-electron chi connectivity index (χ2n) is 3.73. The third-order valence-corrected chi connectivity index (χ3v) is 3.14. The number of pyridine rings is 1. The number of halogens is 1. The topological polar surface area (TPSA) is 55.1 Å². The van der Waals surface area contributed by atoms with Crippen LogP contribution in [-0.2, 0) is 0 Å². The standard InChI is InChI=1S/C14H11BrN2O2/c1-18-13-4-3-10(15)6-11(13)12-5-9(7-16)14(19-2)8-17-12/h3-6,8H,1-2H3. The molecule has 19 heavy (non-hydrogen) atoms. The van der Waals surface area contributed by atoms with E-state index in [-0.39, 0.29) is 0 Å². The fourth-order valence-corrected chi connectivity index (χ4v) is 2.08. The highest BCUT2D eigenvalue weighted by molar-refractivity contribution is 9.10. The van der Waals surface area contributed by atoms with Gasteiger partial charge in [-0.1, -0.05) is 15.9 Å². The van der Waals surface area contributed by atoms with Crippen molar-refractivity contribution in [2.75, 3.05) is 14.2 Å². The Bertz CT molecular complexity index is 650. The van der Waals surface area contributed by atoms with Crippen molar-refractivity contribution in [1.82, 2.24) is 4.98 Å². The molecule has 0 aliphatic carbocycles. The first-order chi connectivity index (χ1) is 9.19. The molecule has 0 N–H and O–H groups in total. The summed E-state index contributed by atoms with van der Waals surface area (Å²) in [5, 5.41) is 9.10. The van der Waals surface area contributed by atoms with E-state index in [2.05, 4.69) is 27.0 Å². The van der Waals surface area contributed by atoms with E-state index in [4.69, 9.17) is 14.7 Å². The zero-order chi connectivity index (χ0) is 13.8. The average molecular weight is 319 g/mol. The number of methoxy groups -OCH3 is 2. The van der Waals surface area contributed by atoms with Gasteiger partial charge in [-0.25, -0.2) is 0 Å². The first-order valence-corrected chi connectivity index (χ1v) is 6.27. The summed E-state index contributed by atoms with van der Waals surface area (Å²) in [6, 6.07) is 9.40. The van der Waals surface area contributed by atoms with Gasteiger partial charge in [-0.05, 0) is 24.3 Å². The van der Waals surface area contributed by atoms with Gasteiger partial charge in [0.05, 0.1) is 31.7 Å². The predicted octanol–water partition coefficient (Wildman–Crippen LogP) is 3.40. The van der Waals surface area contributed by atoms with Crippen molar-refractivity contribution in [2.24, 2.45) is 0 Å². The molecule has 0 aliphatic rings. The molecule has 2 rings (SSSR count). The van der Waals surface area contributed by atoms with Crippen LogP contribution in [0.25, 0.3) is 11.3 Å². The first-order valence-electron chi connectivity index (χ1n) is 5.47. The minimum Gasteiger partial charge on any atom is -0.496 e. The summed E-state index contributed by atoms with van der Waals surface area (Å²) in [5.74, 6) is 1.16. The number of aromatic nitrogens is 1. The zero-order valence-electron chi connectivity index (χ0n) is 10.5. The molecule has 0 spiro atoms. The highest BCUT2D eigenvalue weighted by atomic mass is 79.9. The SMILES string of the molecule is COc1cnc(-c2cc(Br)ccc2OC)cc1C#N. The molecule has 0 bridgehead atoms. The molecular weight excluding hydrogens is 308 g/mol. The van der Waals surface area contributed by atoms with Crippen molar-refractivity contribution in [2.45, 2.75) is 0 Å². The zero-order valence-corrected chi connectivity index (χ0v) is 12.1. The van der Waals surface area contributed by atoms with Crippen LogP contribution in [0.4, 0.5) is 0 Å². The average Bonchev–Trinajstić information content (AvgIpc) is 2.46. The van der Waals surface area contributed by atoms with Crippen molar-refractivity contribution in [3.8, 4) is 28.8 Å². The number of nitriles is 1. The van der Waals surface area contributed by atoms with Crippen LogP contribution in [0.3, 0.4) is 0 Å². The van der Waals surface area contributed by atoms with E-state index >= 15 is 0 Å². The minimum atomic E-state index is 0.439. The Balaban J connectivity index is 2.59. The summed E-state index contributed by atoms with van der Waals surface area (Å²) in [7, 11) is 3.11. The minimum absolute atomic E-state index is 0.439. The van der Waals surface area contributed by atoms with Gasteiger partial charge in [0.15, 0.2) is 5.75 Å². The summed E-state index contributed by atoms with van der Waals surface area (Å²) < 4.78 is 11.3. The molecule has 5 heteroatoms. The number of nitrogens with zero attached hydrogens (tertiary/aromatic N) is 2. The van der Waals surface area contributed by atoms with E-state index in [1.165, 1.54) is 13.3 Å². The molecule has 0 amide bonds. The Kier molecular flexibility index (Phi) is 4.03. The quantitative estimate of drug-likeness (QED) is 0.870. The van der Waals surface area contributed by atoms with Crippen molar-refractivity contribution >= 4 is 15.9 Å². The first kappa shape index (κ1) is 13.4. The van der Waals surface area contributed by atoms with Gasteiger partial charge in [0.25, 0.3) is 0 Å². The van der Waals surface area contributed by atoms with Crippen molar-refractivity contribution < 1.29 is 9.47 Å². The lowest BCUT2D eigenvalue weighted by atomic mass is 10.1. The Morgan fingerprint density at radius 1 is 1.16 bits per heavy atom. The summed E-state index contributed by atoms with van der Waals surface area (Å²) in [4.78, 5) is 4.30. The third-order valence-electron chi connectivity index (χ3n) is 2.65. The van der Waals surface area contributed by atoms with E-state index in [1.807, 2.05) is 18.2 Å². The monoisotopic (exact) mass is 318 g/mol. The van der Waals surface area contributed by atoms with Gasteiger partial charge in [-0.2, -0.15) is 5.26 Å². The molecule has 0 aliphatic heterocycles. The maximum atomic E-state index is 9.10. The number of benzene rings is 1. The molecule has 96 valence electrons. The molecule has 0 atom stereocenters. The van der Waals surface area contributed by atoms with Crippen molar-refractivity contribution in [3.05, 3.63) is 40.5 Å². The van der Waals surface area contributed by atoms with Gasteiger partial charge in [0.1, 0.15) is 11.8 Å². The number of hydrogen-bond donors (Lipinski definition) is 0. The molecule has 0 unspecified atom stereocenters. The van der Waals surface area contributed by atoms with Crippen LogP contribution in [0.1, 0.15) is 5.56 Å². The van der Waals surface area contributed by atoms with Crippen molar-refractivity contribution in [1.29, 1.82) is 5.26 Å². The summed E-state index contributed by atoms with van der Waals surface area (Å²) in [6.07, 6.45) is 1.54. The maximum Gasteiger partial charge on any atom is 0.154 e. The van der Waals surface area contributed by atoms with E-state index in [0.717, 1.165) is 10.0 Å². The predicted molar refractivity (Wildman–Crippen MR) is 75.2 cm³/mol. The van der Waals surface area contributed by atoms with E-state index in [9.17, 15) is 0 Å². The Morgan fingerprint density at radius 3 is 2.53 bits per heavy atom. The lowest BCUT2D eigenvalue weighted by Crippen LogP contribution is -1.94. The van der Waals surface area contributed by atoms with Crippen molar-refractivity contribution in [3.63, 3.8) is 0 Å². The smallest absolute Gasteiger partial charge is 0.154 e. The molecule has 0 radical (unpaired) electrons. The summed E-state index contributed by atoms with van der Waals surface area (Å²) in [5.41, 5.74) is 1.92. The molecule has 1 aromatic heterocycles. The van der Waals surface area contributed by atoms with Crippen LogP contribution in [0.2, 0.25) is 0 Å². The Hall–Kier alpha value is -2.06. The molecule has 0 saturated carbocycles. The Morgan fingerprint density at radius 2 is 1.89 bits per heavy atom. The largest absolute Gasteiger partial charge is 0.496 e. The normalized spacial score (nSPS) is 9.79. The molecule has 1 heterocycles. The van der Waals surface area contributed by atoms with E-state index in [1.54, 1.807) is 13.2 Å². The van der Waals surface area contributed by atoms with Gasteiger partial charge in [0.2, 0.25) is 0 Å². The van der Waals surface area contributed by atoms with Gasteiger partial charge < -0.3 is 9.47 Å². The third kappa shape index (κ3) is 2.69. The van der Waals surface area contributed by atoms with Crippen LogP contribution >= 0.6 is 15.9 Å². The Labute approximate surface area is 119 Å². The number of rotatable bonds is 3. The van der Waals surface area contributed by atoms with Crippen LogP contribution in [-0.4, -0.2) is 19.2 Å². The van der Waals surface area contributed by atoms with Gasteiger partial charge in [-0.3, -0.25) is 4.98 Å². The van der Waals surface area contributed by atoms with Crippen LogP contribution in [0, 0.1) is 11.3 Å².